The first-order chi connectivity index (χ1) is 8.58. The highest BCUT2D eigenvalue weighted by molar-refractivity contribution is 7.10. The number of rotatable bonds is 4. The number of benzene rings is 1. The number of nitro groups is 1. The normalized spacial score (nSPS) is 12.1. The number of thiophene rings is 1. The van der Waals surface area contributed by atoms with Crippen molar-refractivity contribution in [2.45, 2.75) is 13.0 Å². The molecule has 0 saturated carbocycles. The summed E-state index contributed by atoms with van der Waals surface area (Å²) in [5.41, 5.74) is 0.469. The Morgan fingerprint density at radius 3 is 2.83 bits per heavy atom. The summed E-state index contributed by atoms with van der Waals surface area (Å²) in [6.45, 7) is 1.95. The molecule has 0 aliphatic carbocycles. The summed E-state index contributed by atoms with van der Waals surface area (Å²) in [6.07, 6.45) is 0. The van der Waals surface area contributed by atoms with Gasteiger partial charge in [-0.1, -0.05) is 17.7 Å². The minimum Gasteiger partial charge on any atom is -0.372 e. The molecule has 0 aliphatic rings. The van der Waals surface area contributed by atoms with E-state index in [1.807, 2.05) is 24.4 Å². The molecular weight excluding hydrogens is 272 g/mol. The number of anilines is 1. The summed E-state index contributed by atoms with van der Waals surface area (Å²) < 4.78 is 0. The standard InChI is InChI=1S/C12H11ClN2O2S/c1-8(12-3-2-6-18-12)14-10-7-9(13)4-5-11(10)15(16)17/h2-8,14H,1H3. The fourth-order valence-electron chi connectivity index (χ4n) is 1.63. The summed E-state index contributed by atoms with van der Waals surface area (Å²) in [6, 6.07) is 8.43. The summed E-state index contributed by atoms with van der Waals surface area (Å²) >= 11 is 7.47. The summed E-state index contributed by atoms with van der Waals surface area (Å²) in [5.74, 6) is 0. The lowest BCUT2D eigenvalue weighted by Crippen LogP contribution is -2.06. The number of hydrogen-bond acceptors (Lipinski definition) is 4. The van der Waals surface area contributed by atoms with E-state index in [-0.39, 0.29) is 11.7 Å². The highest BCUT2D eigenvalue weighted by atomic mass is 35.5. The van der Waals surface area contributed by atoms with Gasteiger partial charge in [-0.3, -0.25) is 10.1 Å². The molecule has 0 saturated heterocycles. The Hall–Kier alpha value is -1.59. The maximum atomic E-state index is 10.9. The molecule has 1 heterocycles. The van der Waals surface area contributed by atoms with Gasteiger partial charge in [0.1, 0.15) is 5.69 Å². The first-order valence-corrected chi connectivity index (χ1v) is 6.57. The zero-order valence-electron chi connectivity index (χ0n) is 9.59. The summed E-state index contributed by atoms with van der Waals surface area (Å²) in [4.78, 5) is 11.6. The maximum absolute atomic E-state index is 10.9. The largest absolute Gasteiger partial charge is 0.372 e. The minimum absolute atomic E-state index is 0.00201. The lowest BCUT2D eigenvalue weighted by atomic mass is 10.2. The van der Waals surface area contributed by atoms with Gasteiger partial charge in [-0.05, 0) is 30.5 Å². The van der Waals surface area contributed by atoms with Crippen LogP contribution >= 0.6 is 22.9 Å². The van der Waals surface area contributed by atoms with Crippen molar-refractivity contribution in [2.24, 2.45) is 0 Å². The lowest BCUT2D eigenvalue weighted by Gasteiger charge is -2.13. The van der Waals surface area contributed by atoms with Gasteiger partial charge in [-0.2, -0.15) is 0 Å². The Balaban J connectivity index is 2.28. The van der Waals surface area contributed by atoms with Gasteiger partial charge in [-0.15, -0.1) is 11.3 Å². The molecule has 2 aromatic rings. The fourth-order valence-corrected chi connectivity index (χ4v) is 2.53. The number of nitro benzene ring substituents is 1. The molecule has 1 atom stereocenters. The van der Waals surface area contributed by atoms with E-state index in [9.17, 15) is 10.1 Å². The van der Waals surface area contributed by atoms with E-state index >= 15 is 0 Å². The topological polar surface area (TPSA) is 55.2 Å². The summed E-state index contributed by atoms with van der Waals surface area (Å²) in [5, 5.41) is 16.5. The predicted octanol–water partition coefficient (Wildman–Crippen LogP) is 4.48. The van der Waals surface area contributed by atoms with E-state index < -0.39 is 4.92 Å². The van der Waals surface area contributed by atoms with Crippen LogP contribution in [-0.2, 0) is 0 Å². The first kappa shape index (κ1) is 12.9. The molecule has 4 nitrogen and oxygen atoms in total. The zero-order chi connectivity index (χ0) is 13.1. The van der Waals surface area contributed by atoms with Gasteiger partial charge in [0, 0.05) is 16.0 Å². The van der Waals surface area contributed by atoms with E-state index in [1.54, 1.807) is 17.4 Å². The molecule has 0 bridgehead atoms. The van der Waals surface area contributed by atoms with E-state index in [0.717, 1.165) is 4.88 Å². The molecule has 0 spiro atoms. The van der Waals surface area contributed by atoms with Crippen molar-refractivity contribution in [2.75, 3.05) is 5.32 Å². The monoisotopic (exact) mass is 282 g/mol. The Kier molecular flexibility index (Phi) is 3.84. The van der Waals surface area contributed by atoms with Crippen molar-refractivity contribution in [3.63, 3.8) is 0 Å². The van der Waals surface area contributed by atoms with Crippen LogP contribution in [0.25, 0.3) is 0 Å². The second-order valence-electron chi connectivity index (χ2n) is 3.80. The van der Waals surface area contributed by atoms with E-state index in [0.29, 0.717) is 10.7 Å². The molecule has 0 amide bonds. The highest BCUT2D eigenvalue weighted by Crippen LogP contribution is 2.31. The zero-order valence-corrected chi connectivity index (χ0v) is 11.2. The fraction of sp³-hybridized carbons (Fsp3) is 0.167. The van der Waals surface area contributed by atoms with Crippen LogP contribution in [0.2, 0.25) is 5.02 Å². The van der Waals surface area contributed by atoms with Crippen LogP contribution in [0.5, 0.6) is 0 Å². The second kappa shape index (κ2) is 5.37. The van der Waals surface area contributed by atoms with Crippen molar-refractivity contribution < 1.29 is 4.92 Å². The van der Waals surface area contributed by atoms with Crippen molar-refractivity contribution >= 4 is 34.3 Å². The van der Waals surface area contributed by atoms with Crippen LogP contribution in [0.3, 0.4) is 0 Å². The van der Waals surface area contributed by atoms with Crippen LogP contribution in [-0.4, -0.2) is 4.92 Å². The predicted molar refractivity (Wildman–Crippen MR) is 74.5 cm³/mol. The number of nitrogens with one attached hydrogen (secondary N) is 1. The lowest BCUT2D eigenvalue weighted by molar-refractivity contribution is -0.384. The Bertz CT molecular complexity index is 557. The van der Waals surface area contributed by atoms with Crippen LogP contribution in [0.4, 0.5) is 11.4 Å². The van der Waals surface area contributed by atoms with Crippen LogP contribution < -0.4 is 5.32 Å². The molecule has 1 unspecified atom stereocenters. The molecule has 94 valence electrons. The molecule has 18 heavy (non-hydrogen) atoms. The highest BCUT2D eigenvalue weighted by Gasteiger charge is 2.16. The SMILES string of the molecule is CC(Nc1cc(Cl)ccc1[N+](=O)[O-])c1cccs1. The van der Waals surface area contributed by atoms with Crippen molar-refractivity contribution in [1.29, 1.82) is 0 Å². The van der Waals surface area contributed by atoms with Gasteiger partial charge < -0.3 is 5.32 Å². The van der Waals surface area contributed by atoms with E-state index in [1.165, 1.54) is 12.1 Å². The first-order valence-electron chi connectivity index (χ1n) is 5.32. The van der Waals surface area contributed by atoms with Gasteiger partial charge in [0.15, 0.2) is 0 Å². The Labute approximate surface area is 113 Å². The molecule has 1 aromatic heterocycles. The minimum atomic E-state index is -0.417. The third-order valence-corrected chi connectivity index (χ3v) is 3.79. The molecule has 0 aliphatic heterocycles. The van der Waals surface area contributed by atoms with Crippen molar-refractivity contribution in [3.05, 3.63) is 55.7 Å². The van der Waals surface area contributed by atoms with E-state index in [2.05, 4.69) is 5.32 Å². The van der Waals surface area contributed by atoms with Crippen molar-refractivity contribution in [3.8, 4) is 0 Å². The summed E-state index contributed by atoms with van der Waals surface area (Å²) in [7, 11) is 0. The number of nitrogens with zero attached hydrogens (tertiary/aromatic N) is 1. The average molecular weight is 283 g/mol. The average Bonchev–Trinajstić information content (AvgIpc) is 2.81. The van der Waals surface area contributed by atoms with E-state index in [4.69, 9.17) is 11.6 Å². The van der Waals surface area contributed by atoms with Crippen LogP contribution in [0.15, 0.2) is 35.7 Å². The molecular formula is C12H11ClN2O2S. The quantitative estimate of drug-likeness (QED) is 0.664. The Morgan fingerprint density at radius 2 is 2.22 bits per heavy atom. The van der Waals surface area contributed by atoms with Crippen LogP contribution in [0.1, 0.15) is 17.8 Å². The third-order valence-electron chi connectivity index (χ3n) is 2.50. The molecule has 2 rings (SSSR count). The van der Waals surface area contributed by atoms with Crippen LogP contribution in [0, 0.1) is 10.1 Å². The van der Waals surface area contributed by atoms with Gasteiger partial charge in [0.25, 0.3) is 5.69 Å². The van der Waals surface area contributed by atoms with Gasteiger partial charge in [0.05, 0.1) is 11.0 Å². The smallest absolute Gasteiger partial charge is 0.292 e. The maximum Gasteiger partial charge on any atom is 0.292 e. The molecule has 1 N–H and O–H groups in total. The number of hydrogen-bond donors (Lipinski definition) is 1. The van der Waals surface area contributed by atoms with Gasteiger partial charge in [0.2, 0.25) is 0 Å². The molecule has 0 radical (unpaired) electrons. The molecule has 1 aromatic carbocycles. The second-order valence-corrected chi connectivity index (χ2v) is 5.22. The number of halogens is 1. The Morgan fingerprint density at radius 1 is 1.44 bits per heavy atom. The molecule has 0 fully saturated rings. The molecule has 6 heteroatoms. The van der Waals surface area contributed by atoms with Crippen molar-refractivity contribution in [1.82, 2.24) is 0 Å². The van der Waals surface area contributed by atoms with Gasteiger partial charge in [-0.25, -0.2) is 0 Å². The third kappa shape index (κ3) is 2.80. The van der Waals surface area contributed by atoms with Gasteiger partial charge >= 0.3 is 0 Å².